The highest BCUT2D eigenvalue weighted by Gasteiger charge is 2.31. The summed E-state index contributed by atoms with van der Waals surface area (Å²) in [5, 5.41) is 11.0. The quantitative estimate of drug-likeness (QED) is 0.247. The third-order valence-corrected chi connectivity index (χ3v) is 8.06. The minimum atomic E-state index is -0.994. The van der Waals surface area contributed by atoms with Gasteiger partial charge in [0.1, 0.15) is 18.4 Å². The van der Waals surface area contributed by atoms with E-state index in [0.717, 1.165) is 20.9 Å². The van der Waals surface area contributed by atoms with Crippen molar-refractivity contribution in [1.29, 1.82) is 0 Å². The van der Waals surface area contributed by atoms with Crippen LogP contribution in [0.5, 0.6) is 5.75 Å². The van der Waals surface area contributed by atoms with E-state index in [1.54, 1.807) is 23.1 Å². The minimum Gasteiger partial charge on any atom is -0.482 e. The number of hydrogen-bond acceptors (Lipinski definition) is 6. The van der Waals surface area contributed by atoms with Crippen LogP contribution < -0.4 is 4.74 Å². The molecule has 0 spiro atoms. The van der Waals surface area contributed by atoms with Gasteiger partial charge in [-0.2, -0.15) is 0 Å². The average Bonchev–Trinajstić information content (AvgIpc) is 3.60. The Balaban J connectivity index is 1.47. The molecule has 0 saturated heterocycles. The molecular formula is C29H25NO4S2. The second kappa shape index (κ2) is 11.0. The lowest BCUT2D eigenvalue weighted by atomic mass is 9.99. The third kappa shape index (κ3) is 5.64. The van der Waals surface area contributed by atoms with Gasteiger partial charge in [-0.15, -0.1) is 23.1 Å². The number of aliphatic carboxylic acids is 1. The van der Waals surface area contributed by atoms with Gasteiger partial charge in [-0.25, -0.2) is 9.79 Å². The molecule has 0 fully saturated rings. The number of carbonyl (C=O) groups is 1. The van der Waals surface area contributed by atoms with E-state index in [1.165, 1.54) is 11.1 Å². The summed E-state index contributed by atoms with van der Waals surface area (Å²) in [5.41, 5.74) is 4.40. The fourth-order valence-corrected chi connectivity index (χ4v) is 6.05. The molecule has 0 radical (unpaired) electrons. The number of thioether (sulfide) groups is 1. The predicted octanol–water partition coefficient (Wildman–Crippen LogP) is 6.87. The molecule has 2 atom stereocenters. The zero-order valence-corrected chi connectivity index (χ0v) is 21.3. The molecule has 1 aliphatic heterocycles. The number of rotatable bonds is 9. The van der Waals surface area contributed by atoms with Crippen LogP contribution in [0.2, 0.25) is 0 Å². The van der Waals surface area contributed by atoms with Crippen molar-refractivity contribution in [3.05, 3.63) is 106 Å². The Morgan fingerprint density at radius 3 is 2.67 bits per heavy atom. The highest BCUT2D eigenvalue weighted by molar-refractivity contribution is 7.99. The molecule has 182 valence electrons. The van der Waals surface area contributed by atoms with Crippen LogP contribution in [0.3, 0.4) is 0 Å². The van der Waals surface area contributed by atoms with Crippen LogP contribution in [-0.4, -0.2) is 36.2 Å². The zero-order valence-electron chi connectivity index (χ0n) is 19.7. The molecule has 7 heteroatoms. The first-order valence-electron chi connectivity index (χ1n) is 11.6. The maximum atomic E-state index is 10.9. The first kappa shape index (κ1) is 24.2. The largest absolute Gasteiger partial charge is 0.482 e. The van der Waals surface area contributed by atoms with Crippen molar-refractivity contribution >= 4 is 35.0 Å². The molecule has 5 rings (SSSR count). The summed E-state index contributed by atoms with van der Waals surface area (Å²) in [6.07, 6.45) is 0. The van der Waals surface area contributed by atoms with Crippen molar-refractivity contribution in [3.8, 4) is 16.9 Å². The van der Waals surface area contributed by atoms with Crippen molar-refractivity contribution in [2.75, 3.05) is 13.2 Å². The molecule has 1 N–H and O–H groups in total. The highest BCUT2D eigenvalue weighted by atomic mass is 32.2. The van der Waals surface area contributed by atoms with E-state index in [4.69, 9.17) is 19.6 Å². The molecule has 4 aromatic rings. The lowest BCUT2D eigenvalue weighted by Crippen LogP contribution is -2.16. The monoisotopic (exact) mass is 515 g/mol. The summed E-state index contributed by atoms with van der Waals surface area (Å²) < 4.78 is 11.4. The van der Waals surface area contributed by atoms with Gasteiger partial charge in [0, 0.05) is 4.90 Å². The molecule has 5 nitrogen and oxygen atoms in total. The van der Waals surface area contributed by atoms with Crippen molar-refractivity contribution < 1.29 is 19.4 Å². The number of nitrogens with zero attached hydrogens (tertiary/aromatic N) is 1. The van der Waals surface area contributed by atoms with Gasteiger partial charge in [-0.1, -0.05) is 54.6 Å². The van der Waals surface area contributed by atoms with Gasteiger partial charge in [0.15, 0.2) is 6.61 Å². The highest BCUT2D eigenvalue weighted by Crippen LogP contribution is 2.43. The van der Waals surface area contributed by atoms with Crippen LogP contribution in [0.15, 0.2) is 100 Å². The van der Waals surface area contributed by atoms with E-state index in [1.807, 2.05) is 60.8 Å². The van der Waals surface area contributed by atoms with Crippen molar-refractivity contribution in [3.63, 3.8) is 0 Å². The predicted molar refractivity (Wildman–Crippen MR) is 145 cm³/mol. The van der Waals surface area contributed by atoms with Crippen LogP contribution in [0.25, 0.3) is 11.1 Å². The first-order chi connectivity index (χ1) is 17.6. The summed E-state index contributed by atoms with van der Waals surface area (Å²) in [6, 6.07) is 28.8. The maximum absolute atomic E-state index is 10.9. The number of ether oxygens (including phenoxy) is 2. The second-order valence-corrected chi connectivity index (χ2v) is 10.6. The van der Waals surface area contributed by atoms with Gasteiger partial charge in [0.2, 0.25) is 5.90 Å². The number of aryl methyl sites for hydroxylation is 1. The smallest absolute Gasteiger partial charge is 0.341 e. The average molecular weight is 516 g/mol. The van der Waals surface area contributed by atoms with Crippen molar-refractivity contribution in [1.82, 2.24) is 0 Å². The third-order valence-electron chi connectivity index (χ3n) is 5.84. The van der Waals surface area contributed by atoms with Gasteiger partial charge in [-0.3, -0.25) is 0 Å². The first-order valence-corrected chi connectivity index (χ1v) is 13.3. The Bertz CT molecular complexity index is 1370. The molecule has 3 aromatic carbocycles. The van der Waals surface area contributed by atoms with Crippen LogP contribution >= 0.6 is 23.1 Å². The number of carboxylic acids is 1. The Hall–Kier alpha value is -3.55. The summed E-state index contributed by atoms with van der Waals surface area (Å²) in [4.78, 5) is 18.0. The Kier molecular flexibility index (Phi) is 7.39. The molecule has 2 heterocycles. The number of aliphatic imine (C=N–C) groups is 1. The molecule has 0 bridgehead atoms. The molecule has 1 aromatic heterocycles. The zero-order chi connectivity index (χ0) is 24.9. The van der Waals surface area contributed by atoms with E-state index >= 15 is 0 Å². The molecule has 1 aliphatic rings. The lowest BCUT2D eigenvalue weighted by Gasteiger charge is -2.22. The van der Waals surface area contributed by atoms with Crippen LogP contribution in [0, 0.1) is 6.92 Å². The minimum absolute atomic E-state index is 0.0244. The standard InChI is InChI=1S/C29H25NO4S2/c1-19-15-23(12-13-25(19)33-18-27(31)32)36-28(24-17-34-29(30-24)26-11-6-14-35-26)22-10-5-9-21(16-22)20-7-3-2-4-8-20/h2-16,24,28H,17-18H2,1H3,(H,31,32). The number of hydrogen-bond donors (Lipinski definition) is 1. The van der Waals surface area contributed by atoms with E-state index in [2.05, 4.69) is 36.4 Å². The summed E-state index contributed by atoms with van der Waals surface area (Å²) in [7, 11) is 0. The molecule has 0 saturated carbocycles. The molecular weight excluding hydrogens is 490 g/mol. The van der Waals surface area contributed by atoms with E-state index in [-0.39, 0.29) is 17.9 Å². The maximum Gasteiger partial charge on any atom is 0.341 e. The van der Waals surface area contributed by atoms with Crippen molar-refractivity contribution in [2.45, 2.75) is 23.1 Å². The van der Waals surface area contributed by atoms with Gasteiger partial charge in [0.05, 0.1) is 10.1 Å². The van der Waals surface area contributed by atoms with E-state index in [9.17, 15) is 4.79 Å². The van der Waals surface area contributed by atoms with Crippen molar-refractivity contribution in [2.24, 2.45) is 4.99 Å². The molecule has 36 heavy (non-hydrogen) atoms. The van der Waals surface area contributed by atoms with Gasteiger partial charge < -0.3 is 14.6 Å². The molecule has 2 unspecified atom stereocenters. The fraction of sp³-hybridized carbons (Fsp3) is 0.172. The SMILES string of the molecule is Cc1cc(SC(c2cccc(-c3ccccc3)c2)C2COC(c3cccs3)=N2)ccc1OCC(=O)O. The van der Waals surface area contributed by atoms with Crippen LogP contribution in [0.1, 0.15) is 21.3 Å². The molecule has 0 aliphatic carbocycles. The summed E-state index contributed by atoms with van der Waals surface area (Å²) in [6.45, 7) is 2.08. The van der Waals surface area contributed by atoms with Gasteiger partial charge in [-0.05, 0) is 64.9 Å². The van der Waals surface area contributed by atoms with E-state index in [0.29, 0.717) is 18.3 Å². The lowest BCUT2D eigenvalue weighted by molar-refractivity contribution is -0.139. The summed E-state index contributed by atoms with van der Waals surface area (Å²) in [5.74, 6) is 0.284. The summed E-state index contributed by atoms with van der Waals surface area (Å²) >= 11 is 3.36. The van der Waals surface area contributed by atoms with Crippen LogP contribution in [-0.2, 0) is 9.53 Å². The van der Waals surface area contributed by atoms with Crippen LogP contribution in [0.4, 0.5) is 0 Å². The topological polar surface area (TPSA) is 68.1 Å². The van der Waals surface area contributed by atoms with Gasteiger partial charge in [0.25, 0.3) is 0 Å². The van der Waals surface area contributed by atoms with E-state index < -0.39 is 5.97 Å². The number of thiophene rings is 1. The Morgan fingerprint density at radius 2 is 1.92 bits per heavy atom. The molecule has 0 amide bonds. The second-order valence-electron chi connectivity index (χ2n) is 8.43. The number of benzene rings is 3. The fourth-order valence-electron chi connectivity index (χ4n) is 4.12. The number of carboxylic acid groups (broad SMARTS) is 1. The normalized spacial score (nSPS) is 15.7. The van der Waals surface area contributed by atoms with Gasteiger partial charge >= 0.3 is 5.97 Å². The Labute approximate surface area is 218 Å². The Morgan fingerprint density at radius 1 is 1.08 bits per heavy atom.